The standard InChI is InChI=1S/C22H24N4O2/c1-16-15-21(25-22(23-16)17-3-9-20(27-2)10-4-17)24-18-5-7-19(8-6-18)26-11-13-28-14-12-26/h3-10,15H,11-14H2,1-2H3,(H,23,24,25). The summed E-state index contributed by atoms with van der Waals surface area (Å²) in [5.41, 5.74) is 4.07. The van der Waals surface area contributed by atoms with Gasteiger partial charge in [0, 0.05) is 41.8 Å². The molecule has 1 fully saturated rings. The fourth-order valence-electron chi connectivity index (χ4n) is 3.23. The van der Waals surface area contributed by atoms with Crippen molar-refractivity contribution in [1.82, 2.24) is 9.97 Å². The molecule has 6 heteroatoms. The van der Waals surface area contributed by atoms with Crippen molar-refractivity contribution < 1.29 is 9.47 Å². The van der Waals surface area contributed by atoms with Crippen LogP contribution in [0.5, 0.6) is 5.75 Å². The van der Waals surface area contributed by atoms with Crippen LogP contribution >= 0.6 is 0 Å². The molecule has 1 N–H and O–H groups in total. The quantitative estimate of drug-likeness (QED) is 0.725. The topological polar surface area (TPSA) is 59.5 Å². The van der Waals surface area contributed by atoms with Crippen LogP contribution in [0.4, 0.5) is 17.2 Å². The first-order valence-electron chi connectivity index (χ1n) is 9.41. The Morgan fingerprint density at radius 2 is 1.68 bits per heavy atom. The first-order valence-corrected chi connectivity index (χ1v) is 9.41. The van der Waals surface area contributed by atoms with E-state index < -0.39 is 0 Å². The van der Waals surface area contributed by atoms with Gasteiger partial charge in [-0.3, -0.25) is 0 Å². The highest BCUT2D eigenvalue weighted by molar-refractivity contribution is 5.64. The second kappa shape index (κ2) is 8.27. The van der Waals surface area contributed by atoms with Crippen LogP contribution in [0.25, 0.3) is 11.4 Å². The fraction of sp³-hybridized carbons (Fsp3) is 0.273. The number of benzene rings is 2. The van der Waals surface area contributed by atoms with Crippen LogP contribution in [0.1, 0.15) is 5.69 Å². The van der Waals surface area contributed by atoms with Gasteiger partial charge in [0.05, 0.1) is 20.3 Å². The molecule has 2 heterocycles. The molecule has 0 atom stereocenters. The van der Waals surface area contributed by atoms with Gasteiger partial charge in [0.1, 0.15) is 11.6 Å². The summed E-state index contributed by atoms with van der Waals surface area (Å²) in [4.78, 5) is 11.6. The number of aromatic nitrogens is 2. The number of methoxy groups -OCH3 is 1. The number of morpholine rings is 1. The molecular formula is C22H24N4O2. The lowest BCUT2D eigenvalue weighted by molar-refractivity contribution is 0.122. The van der Waals surface area contributed by atoms with E-state index in [0.29, 0.717) is 5.82 Å². The lowest BCUT2D eigenvalue weighted by atomic mass is 10.2. The Labute approximate surface area is 165 Å². The maximum Gasteiger partial charge on any atom is 0.161 e. The van der Waals surface area contributed by atoms with E-state index in [0.717, 1.165) is 54.8 Å². The summed E-state index contributed by atoms with van der Waals surface area (Å²) >= 11 is 0. The summed E-state index contributed by atoms with van der Waals surface area (Å²) < 4.78 is 10.6. The molecule has 1 saturated heterocycles. The van der Waals surface area contributed by atoms with Gasteiger partial charge in [-0.25, -0.2) is 9.97 Å². The Morgan fingerprint density at radius 1 is 0.964 bits per heavy atom. The van der Waals surface area contributed by atoms with Gasteiger partial charge in [0.2, 0.25) is 0 Å². The van der Waals surface area contributed by atoms with E-state index in [1.165, 1.54) is 5.69 Å². The van der Waals surface area contributed by atoms with Crippen molar-refractivity contribution in [2.24, 2.45) is 0 Å². The first-order chi connectivity index (χ1) is 13.7. The average molecular weight is 376 g/mol. The number of hydrogen-bond donors (Lipinski definition) is 1. The van der Waals surface area contributed by atoms with Crippen LogP contribution in [-0.2, 0) is 4.74 Å². The minimum atomic E-state index is 0.690. The first kappa shape index (κ1) is 18.3. The molecule has 0 spiro atoms. The second-order valence-corrected chi connectivity index (χ2v) is 6.72. The molecule has 0 bridgehead atoms. The number of ether oxygens (including phenoxy) is 2. The molecule has 2 aromatic carbocycles. The highest BCUT2D eigenvalue weighted by Crippen LogP contribution is 2.24. The van der Waals surface area contributed by atoms with E-state index in [2.05, 4.69) is 44.5 Å². The van der Waals surface area contributed by atoms with E-state index in [1.54, 1.807) is 7.11 Å². The summed E-state index contributed by atoms with van der Waals surface area (Å²) in [5, 5.41) is 3.39. The Hall–Kier alpha value is -3.12. The van der Waals surface area contributed by atoms with Crippen LogP contribution in [0, 0.1) is 6.92 Å². The number of rotatable bonds is 5. The zero-order valence-corrected chi connectivity index (χ0v) is 16.2. The van der Waals surface area contributed by atoms with E-state index >= 15 is 0 Å². The molecule has 6 nitrogen and oxygen atoms in total. The third-order valence-corrected chi connectivity index (χ3v) is 4.72. The summed E-state index contributed by atoms with van der Waals surface area (Å²) in [6.45, 7) is 5.41. The molecule has 1 aromatic heterocycles. The van der Waals surface area contributed by atoms with Crippen molar-refractivity contribution in [2.45, 2.75) is 6.92 Å². The zero-order chi connectivity index (χ0) is 19.3. The number of hydrogen-bond acceptors (Lipinski definition) is 6. The highest BCUT2D eigenvalue weighted by Gasteiger charge is 2.11. The van der Waals surface area contributed by atoms with Gasteiger partial charge in [0.25, 0.3) is 0 Å². The second-order valence-electron chi connectivity index (χ2n) is 6.72. The molecule has 0 radical (unpaired) electrons. The van der Waals surface area contributed by atoms with Gasteiger partial charge in [-0.05, 0) is 55.5 Å². The van der Waals surface area contributed by atoms with Crippen LogP contribution in [0.2, 0.25) is 0 Å². The molecule has 3 aromatic rings. The minimum Gasteiger partial charge on any atom is -0.497 e. The molecule has 1 aliphatic rings. The normalized spacial score (nSPS) is 14.0. The van der Waals surface area contributed by atoms with Crippen molar-refractivity contribution >= 4 is 17.2 Å². The Balaban J connectivity index is 1.51. The molecular weight excluding hydrogens is 352 g/mol. The van der Waals surface area contributed by atoms with Crippen molar-refractivity contribution in [3.63, 3.8) is 0 Å². The monoisotopic (exact) mass is 376 g/mol. The van der Waals surface area contributed by atoms with Crippen molar-refractivity contribution in [2.75, 3.05) is 43.6 Å². The van der Waals surface area contributed by atoms with Crippen LogP contribution < -0.4 is 15.0 Å². The average Bonchev–Trinajstić information content (AvgIpc) is 2.74. The van der Waals surface area contributed by atoms with Gasteiger partial charge in [-0.2, -0.15) is 0 Å². The minimum absolute atomic E-state index is 0.690. The van der Waals surface area contributed by atoms with Gasteiger partial charge in [-0.1, -0.05) is 0 Å². The maximum absolute atomic E-state index is 5.42. The molecule has 28 heavy (non-hydrogen) atoms. The lowest BCUT2D eigenvalue weighted by Gasteiger charge is -2.28. The van der Waals surface area contributed by atoms with Gasteiger partial charge in [0.15, 0.2) is 5.82 Å². The molecule has 0 amide bonds. The number of anilines is 3. The van der Waals surface area contributed by atoms with Crippen molar-refractivity contribution in [1.29, 1.82) is 0 Å². The summed E-state index contributed by atoms with van der Waals surface area (Å²) in [6, 6.07) is 18.1. The Bertz CT molecular complexity index is 920. The summed E-state index contributed by atoms with van der Waals surface area (Å²) in [6.07, 6.45) is 0. The molecule has 144 valence electrons. The highest BCUT2D eigenvalue weighted by atomic mass is 16.5. The molecule has 1 aliphatic heterocycles. The Kier molecular flexibility index (Phi) is 5.39. The largest absolute Gasteiger partial charge is 0.497 e. The van der Waals surface area contributed by atoms with Crippen LogP contribution in [0.3, 0.4) is 0 Å². The van der Waals surface area contributed by atoms with Gasteiger partial charge < -0.3 is 19.7 Å². The smallest absolute Gasteiger partial charge is 0.161 e. The van der Waals surface area contributed by atoms with Crippen LogP contribution in [-0.4, -0.2) is 43.4 Å². The number of aryl methyl sites for hydroxylation is 1. The lowest BCUT2D eigenvalue weighted by Crippen LogP contribution is -2.36. The van der Waals surface area contributed by atoms with Crippen molar-refractivity contribution in [3.8, 4) is 17.1 Å². The Morgan fingerprint density at radius 3 is 2.36 bits per heavy atom. The third-order valence-electron chi connectivity index (χ3n) is 4.72. The van der Waals surface area contributed by atoms with Gasteiger partial charge >= 0.3 is 0 Å². The van der Waals surface area contributed by atoms with E-state index in [-0.39, 0.29) is 0 Å². The van der Waals surface area contributed by atoms with Crippen LogP contribution in [0.15, 0.2) is 54.6 Å². The van der Waals surface area contributed by atoms with E-state index in [1.807, 2.05) is 37.3 Å². The predicted molar refractivity (Wildman–Crippen MR) is 112 cm³/mol. The van der Waals surface area contributed by atoms with Gasteiger partial charge in [-0.15, -0.1) is 0 Å². The zero-order valence-electron chi connectivity index (χ0n) is 16.2. The van der Waals surface area contributed by atoms with E-state index in [4.69, 9.17) is 9.47 Å². The fourth-order valence-corrected chi connectivity index (χ4v) is 3.23. The van der Waals surface area contributed by atoms with Crippen molar-refractivity contribution in [3.05, 3.63) is 60.3 Å². The molecule has 0 unspecified atom stereocenters. The summed E-state index contributed by atoms with van der Waals surface area (Å²) in [5.74, 6) is 2.28. The molecule has 4 rings (SSSR count). The maximum atomic E-state index is 5.42. The predicted octanol–water partition coefficient (Wildman–Crippen LogP) is 4.04. The number of nitrogens with zero attached hydrogens (tertiary/aromatic N) is 3. The summed E-state index contributed by atoms with van der Waals surface area (Å²) in [7, 11) is 1.66. The SMILES string of the molecule is COc1ccc(-c2nc(C)cc(Nc3ccc(N4CCOCC4)cc3)n2)cc1. The number of nitrogens with one attached hydrogen (secondary N) is 1. The molecule has 0 saturated carbocycles. The van der Waals surface area contributed by atoms with E-state index in [9.17, 15) is 0 Å². The third kappa shape index (κ3) is 4.23. The molecule has 0 aliphatic carbocycles.